The molecule has 2 rings (SSSR count). The minimum atomic E-state index is 0.673. The van der Waals surface area contributed by atoms with E-state index in [2.05, 4.69) is 20.7 Å². The first kappa shape index (κ1) is 15.6. The number of nitrogens with zero attached hydrogens (tertiary/aromatic N) is 4. The van der Waals surface area contributed by atoms with E-state index in [0.29, 0.717) is 5.82 Å². The summed E-state index contributed by atoms with van der Waals surface area (Å²) >= 11 is 0. The highest BCUT2D eigenvalue weighted by molar-refractivity contribution is 5.52. The van der Waals surface area contributed by atoms with E-state index in [0.717, 1.165) is 51.3 Å². The summed E-state index contributed by atoms with van der Waals surface area (Å²) < 4.78 is 5.29. The van der Waals surface area contributed by atoms with Gasteiger partial charge in [-0.1, -0.05) is 30.3 Å². The molecule has 1 aromatic heterocycles. The summed E-state index contributed by atoms with van der Waals surface area (Å²) in [5, 5.41) is 15.9. The lowest BCUT2D eigenvalue weighted by Gasteiger charge is -2.04. The third-order valence-corrected chi connectivity index (χ3v) is 3.07. The summed E-state index contributed by atoms with van der Waals surface area (Å²) in [6, 6.07) is 9.89. The number of unbranched alkanes of at least 4 members (excludes halogenated alkanes) is 1. The van der Waals surface area contributed by atoms with Gasteiger partial charge < -0.3 is 10.1 Å². The molecule has 1 N–H and O–H groups in total. The van der Waals surface area contributed by atoms with Crippen molar-refractivity contribution in [3.8, 4) is 11.4 Å². The summed E-state index contributed by atoms with van der Waals surface area (Å²) in [5.41, 5.74) is 0.993. The molecule has 0 spiro atoms. The van der Waals surface area contributed by atoms with Gasteiger partial charge in [0.2, 0.25) is 5.82 Å². The molecular weight excluding hydrogens is 266 g/mol. The van der Waals surface area contributed by atoms with E-state index in [1.54, 1.807) is 4.80 Å². The van der Waals surface area contributed by atoms with Gasteiger partial charge in [-0.15, -0.1) is 10.2 Å². The van der Waals surface area contributed by atoms with Crippen molar-refractivity contribution in [1.82, 2.24) is 25.5 Å². The van der Waals surface area contributed by atoms with Crippen LogP contribution in [0, 0.1) is 0 Å². The van der Waals surface area contributed by atoms with Gasteiger partial charge in [0.15, 0.2) is 0 Å². The SMILES string of the molecule is CCOCCCCNCCn1nnc(-c2ccccc2)n1. The molecule has 1 heterocycles. The number of rotatable bonds is 10. The maximum absolute atomic E-state index is 5.29. The van der Waals surface area contributed by atoms with Crippen LogP contribution in [-0.4, -0.2) is 46.5 Å². The van der Waals surface area contributed by atoms with E-state index in [4.69, 9.17) is 4.74 Å². The molecule has 0 bridgehead atoms. The van der Waals surface area contributed by atoms with Crippen LogP contribution in [0.5, 0.6) is 0 Å². The molecule has 2 aromatic rings. The van der Waals surface area contributed by atoms with Gasteiger partial charge in [0.25, 0.3) is 0 Å². The molecule has 0 aliphatic carbocycles. The molecule has 21 heavy (non-hydrogen) atoms. The number of tetrazole rings is 1. The fourth-order valence-electron chi connectivity index (χ4n) is 1.94. The van der Waals surface area contributed by atoms with Gasteiger partial charge in [0.05, 0.1) is 6.54 Å². The summed E-state index contributed by atoms with van der Waals surface area (Å²) in [7, 11) is 0. The highest BCUT2D eigenvalue weighted by Crippen LogP contribution is 2.11. The van der Waals surface area contributed by atoms with Crippen LogP contribution in [0.15, 0.2) is 30.3 Å². The first-order valence-corrected chi connectivity index (χ1v) is 7.52. The number of ether oxygens (including phenoxy) is 1. The van der Waals surface area contributed by atoms with Crippen LogP contribution in [0.2, 0.25) is 0 Å². The Kier molecular flexibility index (Phi) is 6.83. The van der Waals surface area contributed by atoms with Crippen molar-refractivity contribution in [2.45, 2.75) is 26.3 Å². The summed E-state index contributed by atoms with van der Waals surface area (Å²) in [6.07, 6.45) is 2.22. The first-order valence-electron chi connectivity index (χ1n) is 7.52. The Balaban J connectivity index is 1.63. The van der Waals surface area contributed by atoms with Crippen molar-refractivity contribution < 1.29 is 4.74 Å². The fraction of sp³-hybridized carbons (Fsp3) is 0.533. The minimum Gasteiger partial charge on any atom is -0.382 e. The molecule has 6 heteroatoms. The van der Waals surface area contributed by atoms with Crippen LogP contribution in [0.3, 0.4) is 0 Å². The van der Waals surface area contributed by atoms with Gasteiger partial charge in [-0.3, -0.25) is 0 Å². The number of hydrogen-bond donors (Lipinski definition) is 1. The molecule has 6 nitrogen and oxygen atoms in total. The van der Waals surface area contributed by atoms with Gasteiger partial charge in [-0.2, -0.15) is 4.80 Å². The van der Waals surface area contributed by atoms with Gasteiger partial charge in [-0.25, -0.2) is 0 Å². The second kappa shape index (κ2) is 9.20. The predicted octanol–water partition coefficient (Wildman–Crippen LogP) is 1.75. The molecular formula is C15H23N5O. The van der Waals surface area contributed by atoms with E-state index >= 15 is 0 Å². The zero-order valence-electron chi connectivity index (χ0n) is 12.5. The Morgan fingerprint density at radius 2 is 2.00 bits per heavy atom. The lowest BCUT2D eigenvalue weighted by Crippen LogP contribution is -2.22. The van der Waals surface area contributed by atoms with Crippen LogP contribution in [0.1, 0.15) is 19.8 Å². The molecule has 0 atom stereocenters. The van der Waals surface area contributed by atoms with Crippen molar-refractivity contribution >= 4 is 0 Å². The number of nitrogens with one attached hydrogen (secondary N) is 1. The topological polar surface area (TPSA) is 64.9 Å². The monoisotopic (exact) mass is 289 g/mol. The average molecular weight is 289 g/mol. The van der Waals surface area contributed by atoms with Gasteiger partial charge >= 0.3 is 0 Å². The van der Waals surface area contributed by atoms with Crippen molar-refractivity contribution in [3.05, 3.63) is 30.3 Å². The Bertz CT molecular complexity index is 500. The lowest BCUT2D eigenvalue weighted by molar-refractivity contribution is 0.143. The highest BCUT2D eigenvalue weighted by Gasteiger charge is 2.04. The van der Waals surface area contributed by atoms with E-state index in [-0.39, 0.29) is 0 Å². The molecule has 0 saturated carbocycles. The van der Waals surface area contributed by atoms with Crippen molar-refractivity contribution in [1.29, 1.82) is 0 Å². The molecule has 0 fully saturated rings. The van der Waals surface area contributed by atoms with Crippen LogP contribution in [0.25, 0.3) is 11.4 Å². The van der Waals surface area contributed by atoms with Gasteiger partial charge in [0, 0.05) is 25.3 Å². The summed E-state index contributed by atoms with van der Waals surface area (Å²) in [5.74, 6) is 0.673. The normalized spacial score (nSPS) is 10.9. The number of benzene rings is 1. The third kappa shape index (κ3) is 5.61. The van der Waals surface area contributed by atoms with Gasteiger partial charge in [-0.05, 0) is 31.5 Å². The number of aromatic nitrogens is 4. The predicted molar refractivity (Wildman–Crippen MR) is 81.8 cm³/mol. The number of hydrogen-bond acceptors (Lipinski definition) is 5. The lowest BCUT2D eigenvalue weighted by atomic mass is 10.2. The summed E-state index contributed by atoms with van der Waals surface area (Å²) in [6.45, 7) is 6.24. The van der Waals surface area contributed by atoms with E-state index in [1.165, 1.54) is 0 Å². The fourth-order valence-corrected chi connectivity index (χ4v) is 1.94. The molecule has 1 aromatic carbocycles. The van der Waals surface area contributed by atoms with Crippen LogP contribution in [-0.2, 0) is 11.3 Å². The Hall–Kier alpha value is -1.79. The zero-order valence-corrected chi connectivity index (χ0v) is 12.5. The Labute approximate surface area is 125 Å². The molecule has 114 valence electrons. The molecule has 0 amide bonds. The maximum atomic E-state index is 5.29. The smallest absolute Gasteiger partial charge is 0.204 e. The second-order valence-corrected chi connectivity index (χ2v) is 4.73. The Morgan fingerprint density at radius 3 is 2.81 bits per heavy atom. The largest absolute Gasteiger partial charge is 0.382 e. The molecule has 0 aliphatic rings. The quantitative estimate of drug-likeness (QED) is 0.675. The van der Waals surface area contributed by atoms with Crippen molar-refractivity contribution in [2.24, 2.45) is 0 Å². The standard InChI is InChI=1S/C15H23N5O/c1-2-21-13-7-6-10-16-11-12-20-18-15(17-19-20)14-8-4-3-5-9-14/h3-5,8-9,16H,2,6-7,10-13H2,1H3. The zero-order chi connectivity index (χ0) is 14.8. The van der Waals surface area contributed by atoms with Crippen LogP contribution < -0.4 is 5.32 Å². The first-order chi connectivity index (χ1) is 10.4. The maximum Gasteiger partial charge on any atom is 0.204 e. The minimum absolute atomic E-state index is 0.673. The molecule has 0 radical (unpaired) electrons. The van der Waals surface area contributed by atoms with E-state index in [1.807, 2.05) is 37.3 Å². The van der Waals surface area contributed by atoms with E-state index in [9.17, 15) is 0 Å². The summed E-state index contributed by atoms with van der Waals surface area (Å²) in [4.78, 5) is 1.63. The van der Waals surface area contributed by atoms with Crippen LogP contribution >= 0.6 is 0 Å². The Morgan fingerprint density at radius 1 is 1.14 bits per heavy atom. The molecule has 0 saturated heterocycles. The molecule has 0 aliphatic heterocycles. The van der Waals surface area contributed by atoms with Crippen molar-refractivity contribution in [3.63, 3.8) is 0 Å². The third-order valence-electron chi connectivity index (χ3n) is 3.07. The van der Waals surface area contributed by atoms with Gasteiger partial charge in [0.1, 0.15) is 0 Å². The molecule has 0 unspecified atom stereocenters. The van der Waals surface area contributed by atoms with Crippen molar-refractivity contribution in [2.75, 3.05) is 26.3 Å². The van der Waals surface area contributed by atoms with Crippen LogP contribution in [0.4, 0.5) is 0 Å². The highest BCUT2D eigenvalue weighted by atomic mass is 16.5. The van der Waals surface area contributed by atoms with E-state index < -0.39 is 0 Å². The second-order valence-electron chi connectivity index (χ2n) is 4.73. The average Bonchev–Trinajstić information content (AvgIpc) is 3.00.